The number of carbonyl (C=O) groups is 5. The van der Waals surface area contributed by atoms with Crippen LogP contribution in [0, 0.1) is 23.7 Å². The van der Waals surface area contributed by atoms with Crippen molar-refractivity contribution in [2.24, 2.45) is 23.7 Å². The second kappa shape index (κ2) is 22.1. The molecule has 0 bridgehead atoms. The molecule has 3 N–H and O–H groups in total. The van der Waals surface area contributed by atoms with Crippen molar-refractivity contribution < 1.29 is 33.4 Å². The van der Waals surface area contributed by atoms with Crippen molar-refractivity contribution in [2.45, 2.75) is 123 Å². The minimum atomic E-state index is -0.779. The summed E-state index contributed by atoms with van der Waals surface area (Å²) < 4.78 is 12.0. The molecule has 13 heteroatoms. The normalized spacial score (nSPS) is 19.0. The number of hydrogen-bond acceptors (Lipinski definition) is 8. The van der Waals surface area contributed by atoms with Gasteiger partial charge in [-0.15, -0.1) is 0 Å². The van der Waals surface area contributed by atoms with E-state index in [-0.39, 0.29) is 59.8 Å². The first-order chi connectivity index (χ1) is 25.4. The number of nitrogens with one attached hydrogen (secondary N) is 3. The molecule has 1 unspecified atom stereocenters. The molecule has 1 heterocycles. The van der Waals surface area contributed by atoms with E-state index in [1.54, 1.807) is 38.0 Å². The summed E-state index contributed by atoms with van der Waals surface area (Å²) in [6.07, 6.45) is 1.21. The molecular weight excluding hydrogens is 688 g/mol. The average molecular weight is 759 g/mol. The molecule has 1 aliphatic heterocycles. The van der Waals surface area contributed by atoms with Gasteiger partial charge in [0.1, 0.15) is 12.1 Å². The van der Waals surface area contributed by atoms with Crippen LogP contribution in [0.15, 0.2) is 30.3 Å². The fourth-order valence-electron chi connectivity index (χ4n) is 7.95. The molecule has 5 amide bonds. The highest BCUT2D eigenvalue weighted by molar-refractivity contribution is 5.90. The molecule has 0 aromatic heterocycles. The summed E-state index contributed by atoms with van der Waals surface area (Å²) in [6, 6.07) is 6.72. The van der Waals surface area contributed by atoms with Crippen molar-refractivity contribution >= 4 is 29.5 Å². The molecule has 0 spiro atoms. The van der Waals surface area contributed by atoms with Crippen molar-refractivity contribution in [3.63, 3.8) is 0 Å². The molecule has 0 radical (unpaired) electrons. The Kier molecular flexibility index (Phi) is 19.1. The topological polar surface area (TPSA) is 150 Å². The van der Waals surface area contributed by atoms with E-state index in [0.29, 0.717) is 19.4 Å². The van der Waals surface area contributed by atoms with E-state index in [0.717, 1.165) is 18.4 Å². The molecule has 1 aliphatic rings. The zero-order valence-electron chi connectivity index (χ0n) is 35.2. The number of rotatable bonds is 21. The lowest BCUT2D eigenvalue weighted by atomic mass is 9.89. The third-order valence-electron chi connectivity index (χ3n) is 11.1. The number of likely N-dealkylation sites (N-methyl/N-ethyl adjacent to an activating group) is 3. The van der Waals surface area contributed by atoms with Crippen LogP contribution >= 0.6 is 0 Å². The number of amides is 5. The number of ether oxygens (including phenoxy) is 2. The van der Waals surface area contributed by atoms with Gasteiger partial charge in [0.25, 0.3) is 0 Å². The van der Waals surface area contributed by atoms with Gasteiger partial charge in [0, 0.05) is 41.3 Å². The number of hydrogen-bond donors (Lipinski definition) is 3. The summed E-state index contributed by atoms with van der Waals surface area (Å²) in [6.45, 7) is 14.1. The van der Waals surface area contributed by atoms with E-state index in [2.05, 4.69) is 16.0 Å². The van der Waals surface area contributed by atoms with Crippen molar-refractivity contribution in [2.75, 3.05) is 49.0 Å². The van der Waals surface area contributed by atoms with Gasteiger partial charge >= 0.3 is 0 Å². The first-order valence-corrected chi connectivity index (χ1v) is 19.6. The summed E-state index contributed by atoms with van der Waals surface area (Å²) in [5.41, 5.74) is 0.916. The summed E-state index contributed by atoms with van der Waals surface area (Å²) in [4.78, 5) is 73.6. The fraction of sp³-hybridized carbons (Fsp3) is 0.732. The van der Waals surface area contributed by atoms with Gasteiger partial charge in [0.05, 0.1) is 42.7 Å². The highest BCUT2D eigenvalue weighted by atomic mass is 16.5. The summed E-state index contributed by atoms with van der Waals surface area (Å²) in [5, 5.41) is 8.60. The van der Waals surface area contributed by atoms with Crippen molar-refractivity contribution in [1.82, 2.24) is 30.7 Å². The quantitative estimate of drug-likeness (QED) is 0.173. The van der Waals surface area contributed by atoms with Crippen LogP contribution in [0.3, 0.4) is 0 Å². The van der Waals surface area contributed by atoms with Crippen LogP contribution in [0.4, 0.5) is 0 Å². The molecule has 2 rings (SSSR count). The molecule has 0 saturated carbocycles. The standard InChI is InChI=1S/C41H70N6O7/c1-14-27(6)36(46(11)41(52)34(25(2)3)44-40(51)35(26(4)5)45(9)10)32(53-12)24-33(48)47-22-18-21-31(47)37(54-13)28(7)38(49)43-30(39(50)42-8)23-29-19-16-15-17-20-29/h15-17,19-20,25-28,30-32,34-37H,14,18,21-24H2,1-13H3,(H,42,50)(H,43,49)(H,44,51)/t27-,28+,30-,31-,32+,34-,35?,36-,37+/m0/s1. The maximum Gasteiger partial charge on any atom is 0.245 e. The predicted molar refractivity (Wildman–Crippen MR) is 211 cm³/mol. The Hall–Kier alpha value is -3.55. The van der Waals surface area contributed by atoms with Gasteiger partial charge < -0.3 is 35.2 Å². The summed E-state index contributed by atoms with van der Waals surface area (Å²) in [7, 11) is 10.1. The van der Waals surface area contributed by atoms with E-state index >= 15 is 0 Å². The molecule has 54 heavy (non-hydrogen) atoms. The molecular formula is C41H70N6O7. The monoisotopic (exact) mass is 759 g/mol. The van der Waals surface area contributed by atoms with Crippen LogP contribution in [-0.4, -0.2) is 136 Å². The van der Waals surface area contributed by atoms with E-state index in [4.69, 9.17) is 9.47 Å². The Bertz CT molecular complexity index is 1350. The zero-order chi connectivity index (χ0) is 40.9. The third-order valence-corrected chi connectivity index (χ3v) is 11.1. The minimum Gasteiger partial charge on any atom is -0.379 e. The number of nitrogens with zero attached hydrogens (tertiary/aromatic N) is 3. The Morgan fingerprint density at radius 1 is 0.870 bits per heavy atom. The van der Waals surface area contributed by atoms with Gasteiger partial charge in [-0.25, -0.2) is 0 Å². The van der Waals surface area contributed by atoms with E-state index in [9.17, 15) is 24.0 Å². The Morgan fingerprint density at radius 2 is 1.50 bits per heavy atom. The molecule has 306 valence electrons. The second-order valence-corrected chi connectivity index (χ2v) is 15.8. The SMILES string of the molecule is CC[C@H](C)[C@@H]([C@@H](CC(=O)N1CCC[C@H]1[C@H](OC)[C@@H](C)C(=O)N[C@@H](Cc1ccccc1)C(=O)NC)OC)N(C)C(=O)[C@@H](NC(=O)C(C(C)C)N(C)C)C(C)C. The summed E-state index contributed by atoms with van der Waals surface area (Å²) in [5.74, 6) is -2.07. The molecule has 13 nitrogen and oxygen atoms in total. The largest absolute Gasteiger partial charge is 0.379 e. The molecule has 1 saturated heterocycles. The minimum absolute atomic E-state index is 0.0151. The Morgan fingerprint density at radius 3 is 2.00 bits per heavy atom. The first-order valence-electron chi connectivity index (χ1n) is 19.6. The van der Waals surface area contributed by atoms with Crippen molar-refractivity contribution in [3.8, 4) is 0 Å². The lowest BCUT2D eigenvalue weighted by Crippen LogP contribution is -2.59. The van der Waals surface area contributed by atoms with Gasteiger partial charge in [-0.05, 0) is 50.3 Å². The smallest absolute Gasteiger partial charge is 0.245 e. The van der Waals surface area contributed by atoms with Crippen LogP contribution in [-0.2, 0) is 39.9 Å². The lowest BCUT2D eigenvalue weighted by molar-refractivity contribution is -0.148. The molecule has 1 aromatic rings. The lowest BCUT2D eigenvalue weighted by Gasteiger charge is -2.41. The van der Waals surface area contributed by atoms with Gasteiger partial charge in [0.15, 0.2) is 0 Å². The average Bonchev–Trinajstić information content (AvgIpc) is 3.62. The van der Waals surface area contributed by atoms with Gasteiger partial charge in [-0.2, -0.15) is 0 Å². The maximum atomic E-state index is 14.2. The highest BCUT2D eigenvalue weighted by Gasteiger charge is 2.43. The molecule has 9 atom stereocenters. The van der Waals surface area contributed by atoms with E-state index in [1.165, 1.54) is 7.05 Å². The number of methoxy groups -OCH3 is 2. The molecule has 0 aliphatic carbocycles. The first kappa shape index (κ1) is 46.6. The Labute approximate surface area is 324 Å². The Balaban J connectivity index is 2.29. The highest BCUT2D eigenvalue weighted by Crippen LogP contribution is 2.30. The predicted octanol–water partition coefficient (Wildman–Crippen LogP) is 3.11. The van der Waals surface area contributed by atoms with Crippen LogP contribution < -0.4 is 16.0 Å². The third kappa shape index (κ3) is 12.2. The van der Waals surface area contributed by atoms with Gasteiger partial charge in [-0.3, -0.25) is 28.9 Å². The summed E-state index contributed by atoms with van der Waals surface area (Å²) >= 11 is 0. The maximum absolute atomic E-state index is 14.2. The fourth-order valence-corrected chi connectivity index (χ4v) is 7.95. The number of benzene rings is 1. The number of likely N-dealkylation sites (tertiary alicyclic amines) is 1. The van der Waals surface area contributed by atoms with Crippen LogP contribution in [0.2, 0.25) is 0 Å². The van der Waals surface area contributed by atoms with Crippen LogP contribution in [0.25, 0.3) is 0 Å². The van der Waals surface area contributed by atoms with Gasteiger partial charge in [0.2, 0.25) is 29.5 Å². The van der Waals surface area contributed by atoms with Crippen molar-refractivity contribution in [1.29, 1.82) is 0 Å². The second-order valence-electron chi connectivity index (χ2n) is 15.8. The van der Waals surface area contributed by atoms with Gasteiger partial charge in [-0.1, -0.05) is 85.2 Å². The van der Waals surface area contributed by atoms with E-state index in [1.807, 2.05) is 90.9 Å². The van der Waals surface area contributed by atoms with Crippen molar-refractivity contribution in [3.05, 3.63) is 35.9 Å². The van der Waals surface area contributed by atoms with Crippen LogP contribution in [0.1, 0.15) is 79.7 Å². The van der Waals surface area contributed by atoms with E-state index < -0.39 is 42.3 Å². The van der Waals surface area contributed by atoms with Crippen LogP contribution in [0.5, 0.6) is 0 Å². The number of carbonyl (C=O) groups excluding carboxylic acids is 5. The molecule has 1 aromatic carbocycles. The zero-order valence-corrected chi connectivity index (χ0v) is 35.2. The molecule has 1 fully saturated rings.